The summed E-state index contributed by atoms with van der Waals surface area (Å²) >= 11 is 0. The minimum absolute atomic E-state index is 0.0865. The van der Waals surface area contributed by atoms with Crippen molar-refractivity contribution in [3.05, 3.63) is 36.0 Å². The van der Waals surface area contributed by atoms with E-state index in [1.165, 1.54) is 0 Å². The average molecular weight is 203 g/mol. The summed E-state index contributed by atoms with van der Waals surface area (Å²) in [7, 11) is 0. The summed E-state index contributed by atoms with van der Waals surface area (Å²) in [5, 5.41) is 12.1. The van der Waals surface area contributed by atoms with Crippen molar-refractivity contribution >= 4 is 17.4 Å². The molecule has 1 aromatic heterocycles. The van der Waals surface area contributed by atoms with E-state index in [0.717, 1.165) is 0 Å². The van der Waals surface area contributed by atoms with Crippen LogP contribution in [0.15, 0.2) is 30.3 Å². The lowest BCUT2D eigenvalue weighted by atomic mass is 10.3. The number of H-pyrrole nitrogens is 1. The quantitative estimate of drug-likeness (QED) is 0.667. The predicted molar refractivity (Wildman–Crippen MR) is 55.2 cm³/mol. The molecule has 6 heteroatoms. The van der Waals surface area contributed by atoms with Crippen LogP contribution in [0.25, 0.3) is 0 Å². The van der Waals surface area contributed by atoms with Crippen LogP contribution in [0.2, 0.25) is 0 Å². The predicted octanol–water partition coefficient (Wildman–Crippen LogP) is 0.639. The average Bonchev–Trinajstić information content (AvgIpc) is 2.66. The van der Waals surface area contributed by atoms with Gasteiger partial charge in [0.2, 0.25) is 0 Å². The number of nitrogens with two attached hydrogens (primary N) is 1. The lowest BCUT2D eigenvalue weighted by Crippen LogP contribution is -2.14. The molecule has 1 amide bonds. The van der Waals surface area contributed by atoms with Gasteiger partial charge in [-0.25, -0.2) is 0 Å². The number of amides is 1. The Hall–Kier alpha value is -2.37. The first-order chi connectivity index (χ1) is 7.27. The van der Waals surface area contributed by atoms with E-state index < -0.39 is 0 Å². The zero-order valence-corrected chi connectivity index (χ0v) is 7.77. The van der Waals surface area contributed by atoms with Crippen LogP contribution >= 0.6 is 0 Å². The van der Waals surface area contributed by atoms with E-state index in [4.69, 9.17) is 5.73 Å². The molecule has 76 valence electrons. The number of carbonyl (C=O) groups is 1. The summed E-state index contributed by atoms with van der Waals surface area (Å²) in [5.74, 6) is -0.295. The molecule has 1 aromatic carbocycles. The van der Waals surface area contributed by atoms with Crippen LogP contribution in [0.3, 0.4) is 0 Å². The molecular formula is C9H9N5O. The fraction of sp³-hybridized carbons (Fsp3) is 0. The highest BCUT2D eigenvalue weighted by molar-refractivity contribution is 6.05. The number of hydrogen-bond donors (Lipinski definition) is 3. The normalized spacial score (nSPS) is 9.87. The first-order valence-corrected chi connectivity index (χ1v) is 4.30. The van der Waals surface area contributed by atoms with Gasteiger partial charge >= 0.3 is 0 Å². The molecule has 0 aliphatic heterocycles. The Balaban J connectivity index is 2.15. The first kappa shape index (κ1) is 9.20. The number of aromatic amines is 1. The van der Waals surface area contributed by atoms with E-state index >= 15 is 0 Å². The van der Waals surface area contributed by atoms with Crippen molar-refractivity contribution in [1.29, 1.82) is 0 Å². The van der Waals surface area contributed by atoms with E-state index in [1.54, 1.807) is 12.1 Å². The number of rotatable bonds is 2. The lowest BCUT2D eigenvalue weighted by Gasteiger charge is -2.01. The van der Waals surface area contributed by atoms with Crippen molar-refractivity contribution in [3.8, 4) is 0 Å². The molecular weight excluding hydrogens is 194 g/mol. The molecule has 6 nitrogen and oxygen atoms in total. The van der Waals surface area contributed by atoms with Crippen molar-refractivity contribution in [2.75, 3.05) is 11.1 Å². The fourth-order valence-corrected chi connectivity index (χ4v) is 1.12. The molecule has 15 heavy (non-hydrogen) atoms. The van der Waals surface area contributed by atoms with Crippen molar-refractivity contribution in [2.24, 2.45) is 0 Å². The topological polar surface area (TPSA) is 96.7 Å². The summed E-state index contributed by atoms with van der Waals surface area (Å²) in [6, 6.07) is 9.05. The standard InChI is InChI=1S/C9H9N5O/c10-8-7(12-14-13-8)9(15)11-6-4-2-1-3-5-6/h1-5H,(H,11,15)(H3,10,12,13,14). The molecule has 2 rings (SSSR count). The van der Waals surface area contributed by atoms with Gasteiger partial charge in [0, 0.05) is 5.69 Å². The Morgan fingerprint density at radius 3 is 2.60 bits per heavy atom. The zero-order valence-electron chi connectivity index (χ0n) is 7.77. The van der Waals surface area contributed by atoms with Crippen LogP contribution in [0.5, 0.6) is 0 Å². The number of carbonyl (C=O) groups excluding carboxylic acids is 1. The Kier molecular flexibility index (Phi) is 2.32. The van der Waals surface area contributed by atoms with Crippen LogP contribution in [-0.2, 0) is 0 Å². The molecule has 0 spiro atoms. The lowest BCUT2D eigenvalue weighted by molar-refractivity contribution is 0.102. The first-order valence-electron chi connectivity index (χ1n) is 4.30. The van der Waals surface area contributed by atoms with Gasteiger partial charge < -0.3 is 11.1 Å². The number of nitrogens with one attached hydrogen (secondary N) is 2. The third-order valence-corrected chi connectivity index (χ3v) is 1.82. The minimum atomic E-state index is -0.382. The third-order valence-electron chi connectivity index (χ3n) is 1.82. The van der Waals surface area contributed by atoms with Gasteiger partial charge in [0.05, 0.1) is 0 Å². The van der Waals surface area contributed by atoms with Gasteiger partial charge in [0.15, 0.2) is 11.5 Å². The maximum absolute atomic E-state index is 11.6. The molecule has 1 heterocycles. The number of aromatic nitrogens is 3. The Morgan fingerprint density at radius 1 is 1.27 bits per heavy atom. The molecule has 0 unspecified atom stereocenters. The molecule has 0 saturated heterocycles. The molecule has 0 saturated carbocycles. The fourth-order valence-electron chi connectivity index (χ4n) is 1.12. The summed E-state index contributed by atoms with van der Waals surface area (Å²) < 4.78 is 0. The molecule has 0 aliphatic carbocycles. The molecule has 0 fully saturated rings. The SMILES string of the molecule is Nc1n[nH]nc1C(=O)Nc1ccccc1. The minimum Gasteiger partial charge on any atom is -0.380 e. The van der Waals surface area contributed by atoms with Crippen LogP contribution in [-0.4, -0.2) is 21.3 Å². The third kappa shape index (κ3) is 1.93. The van der Waals surface area contributed by atoms with E-state index in [-0.39, 0.29) is 17.4 Å². The van der Waals surface area contributed by atoms with Crippen molar-refractivity contribution in [3.63, 3.8) is 0 Å². The molecule has 4 N–H and O–H groups in total. The number of benzene rings is 1. The summed E-state index contributed by atoms with van der Waals surface area (Å²) in [5.41, 5.74) is 6.21. The number of para-hydroxylation sites is 1. The number of hydrogen-bond acceptors (Lipinski definition) is 4. The summed E-state index contributed by atoms with van der Waals surface area (Å²) in [4.78, 5) is 11.6. The molecule has 0 bridgehead atoms. The second kappa shape index (κ2) is 3.79. The highest BCUT2D eigenvalue weighted by Gasteiger charge is 2.13. The van der Waals surface area contributed by atoms with E-state index in [0.29, 0.717) is 5.69 Å². The van der Waals surface area contributed by atoms with Gasteiger partial charge in [-0.2, -0.15) is 5.21 Å². The smallest absolute Gasteiger partial charge is 0.280 e. The Bertz CT molecular complexity index is 464. The Morgan fingerprint density at radius 2 is 2.00 bits per heavy atom. The molecule has 0 radical (unpaired) electrons. The van der Waals surface area contributed by atoms with Gasteiger partial charge in [0.25, 0.3) is 5.91 Å². The van der Waals surface area contributed by atoms with E-state index in [2.05, 4.69) is 20.7 Å². The maximum atomic E-state index is 11.6. The van der Waals surface area contributed by atoms with Gasteiger partial charge in [-0.3, -0.25) is 4.79 Å². The van der Waals surface area contributed by atoms with Gasteiger partial charge in [0.1, 0.15) is 0 Å². The summed E-state index contributed by atoms with van der Waals surface area (Å²) in [6.45, 7) is 0. The second-order valence-electron chi connectivity index (χ2n) is 2.88. The van der Waals surface area contributed by atoms with Crippen LogP contribution in [0, 0.1) is 0 Å². The number of nitrogens with zero attached hydrogens (tertiary/aromatic N) is 2. The van der Waals surface area contributed by atoms with Gasteiger partial charge in [-0.1, -0.05) is 18.2 Å². The van der Waals surface area contributed by atoms with E-state index in [1.807, 2.05) is 18.2 Å². The van der Waals surface area contributed by atoms with Crippen molar-refractivity contribution in [2.45, 2.75) is 0 Å². The summed E-state index contributed by atoms with van der Waals surface area (Å²) in [6.07, 6.45) is 0. The van der Waals surface area contributed by atoms with Crippen LogP contribution < -0.4 is 11.1 Å². The van der Waals surface area contributed by atoms with Gasteiger partial charge in [-0.05, 0) is 12.1 Å². The van der Waals surface area contributed by atoms with Crippen molar-refractivity contribution < 1.29 is 4.79 Å². The molecule has 0 atom stereocenters. The second-order valence-corrected chi connectivity index (χ2v) is 2.88. The van der Waals surface area contributed by atoms with E-state index in [9.17, 15) is 4.79 Å². The monoisotopic (exact) mass is 203 g/mol. The van der Waals surface area contributed by atoms with Crippen molar-refractivity contribution in [1.82, 2.24) is 15.4 Å². The highest BCUT2D eigenvalue weighted by atomic mass is 16.2. The number of nitrogen functional groups attached to an aromatic ring is 1. The molecule has 2 aromatic rings. The maximum Gasteiger partial charge on any atom is 0.280 e. The van der Waals surface area contributed by atoms with Crippen LogP contribution in [0.4, 0.5) is 11.5 Å². The Labute approximate surface area is 85.5 Å². The molecule has 0 aliphatic rings. The van der Waals surface area contributed by atoms with Crippen LogP contribution in [0.1, 0.15) is 10.5 Å². The largest absolute Gasteiger partial charge is 0.380 e. The highest BCUT2D eigenvalue weighted by Crippen LogP contribution is 2.09. The zero-order chi connectivity index (χ0) is 10.7. The van der Waals surface area contributed by atoms with Gasteiger partial charge in [-0.15, -0.1) is 10.2 Å². The number of anilines is 2.